The van der Waals surface area contributed by atoms with E-state index in [1.54, 1.807) is 6.07 Å². The van der Waals surface area contributed by atoms with Gasteiger partial charge in [-0.3, -0.25) is 9.78 Å². The molecule has 0 radical (unpaired) electrons. The summed E-state index contributed by atoms with van der Waals surface area (Å²) in [5.41, 5.74) is 4.82. The molecular formula is C19H17ClN2O. The second-order valence-electron chi connectivity index (χ2n) is 5.63. The first kappa shape index (κ1) is 15.5. The number of anilines is 1. The molecule has 3 rings (SSSR count). The molecule has 2 aromatic carbocycles. The molecule has 0 atom stereocenters. The molecule has 0 aliphatic carbocycles. The highest BCUT2D eigenvalue weighted by Crippen LogP contribution is 2.25. The number of carbonyl (C=O) groups is 1. The van der Waals surface area contributed by atoms with Crippen molar-refractivity contribution in [2.75, 3.05) is 5.32 Å². The Kier molecular flexibility index (Phi) is 4.05. The third-order valence-electron chi connectivity index (χ3n) is 3.99. The minimum absolute atomic E-state index is 0.168. The average molecular weight is 325 g/mol. The molecule has 3 nitrogen and oxygen atoms in total. The lowest BCUT2D eigenvalue weighted by Crippen LogP contribution is -2.16. The first-order valence-corrected chi connectivity index (χ1v) is 7.78. The van der Waals surface area contributed by atoms with E-state index in [1.807, 2.05) is 57.2 Å². The highest BCUT2D eigenvalue weighted by atomic mass is 35.5. The van der Waals surface area contributed by atoms with Gasteiger partial charge < -0.3 is 5.32 Å². The van der Waals surface area contributed by atoms with Crippen molar-refractivity contribution in [3.8, 4) is 0 Å². The maximum absolute atomic E-state index is 12.7. The Labute approximate surface area is 140 Å². The number of benzene rings is 2. The van der Waals surface area contributed by atoms with Gasteiger partial charge in [-0.25, -0.2) is 0 Å². The van der Waals surface area contributed by atoms with Crippen molar-refractivity contribution in [1.29, 1.82) is 0 Å². The number of hydrogen-bond acceptors (Lipinski definition) is 2. The molecule has 1 N–H and O–H groups in total. The van der Waals surface area contributed by atoms with Gasteiger partial charge in [0.15, 0.2) is 0 Å². The van der Waals surface area contributed by atoms with Crippen LogP contribution in [0, 0.1) is 20.8 Å². The van der Waals surface area contributed by atoms with Crippen LogP contribution in [0.25, 0.3) is 10.9 Å². The standard InChI is InChI=1S/C19H17ClN2O/c1-11-8-9-14(10-16(11)20)22-19(23)18-12(2)15-6-4-5-7-17(15)21-13(18)3/h4-10H,1-3H3,(H,22,23). The number of nitrogens with zero attached hydrogens (tertiary/aromatic N) is 1. The Balaban J connectivity index is 2.02. The highest BCUT2D eigenvalue weighted by Gasteiger charge is 2.16. The Bertz CT molecular complexity index is 919. The van der Waals surface area contributed by atoms with Gasteiger partial charge in [0.05, 0.1) is 16.8 Å². The topological polar surface area (TPSA) is 42.0 Å². The Morgan fingerprint density at radius 2 is 1.83 bits per heavy atom. The zero-order valence-electron chi connectivity index (χ0n) is 13.3. The van der Waals surface area contributed by atoms with Gasteiger partial charge in [-0.2, -0.15) is 0 Å². The molecule has 4 heteroatoms. The molecule has 1 amide bonds. The molecule has 0 bridgehead atoms. The first-order valence-electron chi connectivity index (χ1n) is 7.41. The molecule has 0 saturated carbocycles. The Hall–Kier alpha value is -2.39. The van der Waals surface area contributed by atoms with Crippen molar-refractivity contribution in [3.63, 3.8) is 0 Å². The maximum atomic E-state index is 12.7. The van der Waals surface area contributed by atoms with Crippen molar-refractivity contribution in [3.05, 3.63) is 69.9 Å². The fourth-order valence-electron chi connectivity index (χ4n) is 2.73. The largest absolute Gasteiger partial charge is 0.322 e. The number of rotatable bonds is 2. The van der Waals surface area contributed by atoms with Gasteiger partial charge in [0, 0.05) is 16.1 Å². The van der Waals surface area contributed by atoms with Crippen LogP contribution in [0.15, 0.2) is 42.5 Å². The van der Waals surface area contributed by atoms with Crippen LogP contribution in [0.4, 0.5) is 5.69 Å². The molecule has 0 unspecified atom stereocenters. The summed E-state index contributed by atoms with van der Waals surface area (Å²) in [5.74, 6) is -0.168. The summed E-state index contributed by atoms with van der Waals surface area (Å²) in [6, 6.07) is 13.3. The third kappa shape index (κ3) is 2.92. The summed E-state index contributed by atoms with van der Waals surface area (Å²) in [5, 5.41) is 4.53. The number of carbonyl (C=O) groups excluding carboxylic acids is 1. The summed E-state index contributed by atoms with van der Waals surface area (Å²) in [4.78, 5) is 17.2. The lowest BCUT2D eigenvalue weighted by molar-refractivity contribution is 0.102. The van der Waals surface area contributed by atoms with Crippen LogP contribution in [0.2, 0.25) is 5.02 Å². The van der Waals surface area contributed by atoms with Crippen LogP contribution in [0.3, 0.4) is 0 Å². The number of amides is 1. The van der Waals surface area contributed by atoms with E-state index in [4.69, 9.17) is 11.6 Å². The van der Waals surface area contributed by atoms with Crippen LogP contribution in [-0.2, 0) is 0 Å². The predicted octanol–water partition coefficient (Wildman–Crippen LogP) is 5.07. The van der Waals surface area contributed by atoms with Gasteiger partial charge in [-0.05, 0) is 50.1 Å². The van der Waals surface area contributed by atoms with E-state index in [0.717, 1.165) is 27.7 Å². The van der Waals surface area contributed by atoms with Crippen LogP contribution in [0.1, 0.15) is 27.2 Å². The molecule has 1 heterocycles. The maximum Gasteiger partial charge on any atom is 0.257 e. The molecule has 116 valence electrons. The fraction of sp³-hybridized carbons (Fsp3) is 0.158. The SMILES string of the molecule is Cc1ccc(NC(=O)c2c(C)nc3ccccc3c2C)cc1Cl. The van der Waals surface area contributed by atoms with Gasteiger partial charge in [0.2, 0.25) is 0 Å². The third-order valence-corrected chi connectivity index (χ3v) is 4.40. The Morgan fingerprint density at radius 3 is 2.57 bits per heavy atom. The quantitative estimate of drug-likeness (QED) is 0.715. The minimum Gasteiger partial charge on any atom is -0.322 e. The van der Waals surface area contributed by atoms with Crippen molar-refractivity contribution < 1.29 is 4.79 Å². The monoisotopic (exact) mass is 324 g/mol. The molecule has 0 aliphatic heterocycles. The van der Waals surface area contributed by atoms with E-state index in [2.05, 4.69) is 10.3 Å². The van der Waals surface area contributed by atoms with Gasteiger partial charge in [-0.15, -0.1) is 0 Å². The second kappa shape index (κ2) is 6.01. The van der Waals surface area contributed by atoms with Crippen molar-refractivity contribution in [2.24, 2.45) is 0 Å². The summed E-state index contributed by atoms with van der Waals surface area (Å²) in [7, 11) is 0. The first-order chi connectivity index (χ1) is 11.0. The molecule has 3 aromatic rings. The number of aryl methyl sites for hydroxylation is 3. The molecule has 23 heavy (non-hydrogen) atoms. The van der Waals surface area contributed by atoms with Gasteiger partial charge in [-0.1, -0.05) is 35.9 Å². The number of aromatic nitrogens is 1. The van der Waals surface area contributed by atoms with E-state index in [1.165, 1.54) is 0 Å². The van der Waals surface area contributed by atoms with Crippen LogP contribution >= 0.6 is 11.6 Å². The summed E-state index contributed by atoms with van der Waals surface area (Å²) < 4.78 is 0. The van der Waals surface area contributed by atoms with Crippen molar-refractivity contribution in [2.45, 2.75) is 20.8 Å². The zero-order valence-corrected chi connectivity index (χ0v) is 14.0. The number of halogens is 1. The summed E-state index contributed by atoms with van der Waals surface area (Å²) in [6.45, 7) is 5.74. The molecule has 0 fully saturated rings. The summed E-state index contributed by atoms with van der Waals surface area (Å²) in [6.07, 6.45) is 0. The van der Waals surface area contributed by atoms with Gasteiger partial charge in [0.25, 0.3) is 5.91 Å². The molecule has 1 aromatic heterocycles. The summed E-state index contributed by atoms with van der Waals surface area (Å²) >= 11 is 6.12. The van der Waals surface area contributed by atoms with Crippen molar-refractivity contribution >= 4 is 34.1 Å². The normalized spacial score (nSPS) is 10.8. The molecule has 0 spiro atoms. The van der Waals surface area contributed by atoms with Gasteiger partial charge >= 0.3 is 0 Å². The number of pyridine rings is 1. The van der Waals surface area contributed by atoms with Gasteiger partial charge in [0.1, 0.15) is 0 Å². The Morgan fingerprint density at radius 1 is 1.09 bits per heavy atom. The number of para-hydroxylation sites is 1. The molecule has 0 saturated heterocycles. The average Bonchev–Trinajstić information content (AvgIpc) is 2.51. The minimum atomic E-state index is -0.168. The van der Waals surface area contributed by atoms with E-state index in [0.29, 0.717) is 16.3 Å². The van der Waals surface area contributed by atoms with E-state index in [-0.39, 0.29) is 5.91 Å². The molecule has 0 aliphatic rings. The second-order valence-corrected chi connectivity index (χ2v) is 6.04. The van der Waals surface area contributed by atoms with Crippen molar-refractivity contribution in [1.82, 2.24) is 4.98 Å². The lowest BCUT2D eigenvalue weighted by Gasteiger charge is -2.13. The molecular weight excluding hydrogens is 308 g/mol. The zero-order chi connectivity index (χ0) is 16.6. The van der Waals surface area contributed by atoms with E-state index >= 15 is 0 Å². The van der Waals surface area contributed by atoms with Crippen LogP contribution in [0.5, 0.6) is 0 Å². The predicted molar refractivity (Wildman–Crippen MR) is 95.4 cm³/mol. The lowest BCUT2D eigenvalue weighted by atomic mass is 10.0. The van der Waals surface area contributed by atoms with Crippen LogP contribution < -0.4 is 5.32 Å². The number of nitrogens with one attached hydrogen (secondary N) is 1. The number of hydrogen-bond donors (Lipinski definition) is 1. The smallest absolute Gasteiger partial charge is 0.257 e. The fourth-order valence-corrected chi connectivity index (χ4v) is 2.91. The van der Waals surface area contributed by atoms with Crippen LogP contribution in [-0.4, -0.2) is 10.9 Å². The van der Waals surface area contributed by atoms with E-state index in [9.17, 15) is 4.79 Å². The van der Waals surface area contributed by atoms with E-state index < -0.39 is 0 Å². The highest BCUT2D eigenvalue weighted by molar-refractivity contribution is 6.31. The number of fused-ring (bicyclic) bond motifs is 1.